The van der Waals surface area contributed by atoms with Crippen molar-refractivity contribution >= 4 is 11.6 Å². The number of nitrogens with one attached hydrogen (secondary N) is 1. The van der Waals surface area contributed by atoms with Crippen molar-refractivity contribution in [2.45, 2.75) is 78.2 Å². The summed E-state index contributed by atoms with van der Waals surface area (Å²) >= 11 is 0. The Morgan fingerprint density at radius 3 is 2.43 bits per heavy atom. The fourth-order valence-corrected chi connectivity index (χ4v) is 4.73. The third-order valence-electron chi connectivity index (χ3n) is 6.39. The van der Waals surface area contributed by atoms with Crippen LogP contribution in [0.2, 0.25) is 0 Å². The summed E-state index contributed by atoms with van der Waals surface area (Å²) in [6.07, 6.45) is 8.47. The zero-order chi connectivity index (χ0) is 21.1. The molecule has 1 N–H and O–H groups in total. The van der Waals surface area contributed by atoms with E-state index >= 15 is 0 Å². The number of fused-ring (bicyclic) bond motifs is 1. The standard InChI is InChI=1S/C25H32N4O/c1-17-22(15-16-23(30)27-21-13-9-4-5-10-14-21)19(3)29-25(26-17)24(18(2)28-29)20-11-7-6-8-12-20/h6-8,11-12,21H,4-5,9-10,13-16H2,1-3H3,(H,27,30). The Hall–Kier alpha value is -2.69. The highest BCUT2D eigenvalue weighted by Crippen LogP contribution is 2.29. The van der Waals surface area contributed by atoms with Crippen LogP contribution in [0.4, 0.5) is 0 Å². The lowest BCUT2D eigenvalue weighted by molar-refractivity contribution is -0.121. The molecule has 1 aromatic carbocycles. The summed E-state index contributed by atoms with van der Waals surface area (Å²) < 4.78 is 1.95. The highest BCUT2D eigenvalue weighted by molar-refractivity contribution is 5.80. The maximum Gasteiger partial charge on any atom is 0.220 e. The number of nitrogens with zero attached hydrogens (tertiary/aromatic N) is 3. The zero-order valence-electron chi connectivity index (χ0n) is 18.4. The molecule has 0 bridgehead atoms. The van der Waals surface area contributed by atoms with E-state index in [1.165, 1.54) is 25.7 Å². The minimum Gasteiger partial charge on any atom is -0.353 e. The van der Waals surface area contributed by atoms with E-state index in [0.717, 1.165) is 52.3 Å². The fraction of sp³-hybridized carbons (Fsp3) is 0.480. The molecule has 5 nitrogen and oxygen atoms in total. The smallest absolute Gasteiger partial charge is 0.220 e. The molecule has 0 aliphatic heterocycles. The van der Waals surface area contributed by atoms with Gasteiger partial charge in [-0.25, -0.2) is 9.50 Å². The molecule has 0 radical (unpaired) electrons. The largest absolute Gasteiger partial charge is 0.353 e. The molecule has 1 aliphatic carbocycles. The first kappa shape index (κ1) is 20.6. The number of rotatable bonds is 5. The SMILES string of the molecule is Cc1nc2c(-c3ccccc3)c(C)nn2c(C)c1CCC(=O)NC1CCCCCC1. The molecule has 0 saturated heterocycles. The quantitative estimate of drug-likeness (QED) is 0.602. The third-order valence-corrected chi connectivity index (χ3v) is 6.39. The van der Waals surface area contributed by atoms with E-state index in [-0.39, 0.29) is 5.91 Å². The Morgan fingerprint density at radius 1 is 1.03 bits per heavy atom. The van der Waals surface area contributed by atoms with Gasteiger partial charge in [0.25, 0.3) is 0 Å². The van der Waals surface area contributed by atoms with E-state index in [1.807, 2.05) is 36.6 Å². The van der Waals surface area contributed by atoms with Crippen LogP contribution in [-0.4, -0.2) is 26.5 Å². The topological polar surface area (TPSA) is 59.3 Å². The van der Waals surface area contributed by atoms with E-state index < -0.39 is 0 Å². The number of hydrogen-bond acceptors (Lipinski definition) is 3. The lowest BCUT2D eigenvalue weighted by atomic mass is 10.0. The Balaban J connectivity index is 1.54. The molecule has 4 rings (SSSR count). The van der Waals surface area contributed by atoms with Gasteiger partial charge in [0.1, 0.15) is 0 Å². The lowest BCUT2D eigenvalue weighted by Crippen LogP contribution is -2.34. The van der Waals surface area contributed by atoms with Gasteiger partial charge in [0.2, 0.25) is 5.91 Å². The van der Waals surface area contributed by atoms with Gasteiger partial charge in [0, 0.05) is 29.4 Å². The van der Waals surface area contributed by atoms with Gasteiger partial charge in [-0.2, -0.15) is 5.10 Å². The van der Waals surface area contributed by atoms with Crippen molar-refractivity contribution in [2.75, 3.05) is 0 Å². The van der Waals surface area contributed by atoms with Crippen LogP contribution >= 0.6 is 0 Å². The molecule has 158 valence electrons. The normalized spacial score (nSPS) is 15.3. The van der Waals surface area contributed by atoms with Crippen LogP contribution in [0.25, 0.3) is 16.8 Å². The molecule has 5 heteroatoms. The average molecular weight is 405 g/mol. The van der Waals surface area contributed by atoms with E-state index in [9.17, 15) is 4.79 Å². The number of hydrogen-bond donors (Lipinski definition) is 1. The van der Waals surface area contributed by atoms with Crippen LogP contribution in [0.5, 0.6) is 0 Å². The number of carbonyl (C=O) groups excluding carboxylic acids is 1. The van der Waals surface area contributed by atoms with Gasteiger partial charge < -0.3 is 5.32 Å². The summed E-state index contributed by atoms with van der Waals surface area (Å²) in [4.78, 5) is 17.5. The molecular formula is C25H32N4O. The predicted octanol–water partition coefficient (Wildman–Crippen LogP) is 5.09. The van der Waals surface area contributed by atoms with Crippen molar-refractivity contribution in [3.05, 3.63) is 53.0 Å². The fourth-order valence-electron chi connectivity index (χ4n) is 4.73. The van der Waals surface area contributed by atoms with Gasteiger partial charge in [0.15, 0.2) is 5.65 Å². The molecule has 2 heterocycles. The highest BCUT2D eigenvalue weighted by atomic mass is 16.1. The minimum absolute atomic E-state index is 0.155. The lowest BCUT2D eigenvalue weighted by Gasteiger charge is -2.17. The molecule has 0 spiro atoms. The first-order chi connectivity index (χ1) is 14.5. The van der Waals surface area contributed by atoms with Crippen LogP contribution in [-0.2, 0) is 11.2 Å². The van der Waals surface area contributed by atoms with Crippen molar-refractivity contribution in [3.8, 4) is 11.1 Å². The molecule has 2 aromatic heterocycles. The van der Waals surface area contributed by atoms with Crippen LogP contribution in [0.15, 0.2) is 30.3 Å². The van der Waals surface area contributed by atoms with Gasteiger partial charge in [0.05, 0.1) is 5.69 Å². The Kier molecular flexibility index (Phi) is 6.16. The summed E-state index contributed by atoms with van der Waals surface area (Å²) in [5.41, 5.74) is 7.26. The molecule has 1 fully saturated rings. The zero-order valence-corrected chi connectivity index (χ0v) is 18.4. The minimum atomic E-state index is 0.155. The summed E-state index contributed by atoms with van der Waals surface area (Å²) in [6.45, 7) is 6.16. The first-order valence-electron chi connectivity index (χ1n) is 11.2. The summed E-state index contributed by atoms with van der Waals surface area (Å²) in [7, 11) is 0. The van der Waals surface area contributed by atoms with E-state index in [4.69, 9.17) is 10.1 Å². The van der Waals surface area contributed by atoms with Crippen LogP contribution in [0.3, 0.4) is 0 Å². The maximum atomic E-state index is 12.6. The second-order valence-electron chi connectivity index (χ2n) is 8.58. The van der Waals surface area contributed by atoms with Crippen LogP contribution in [0.1, 0.15) is 67.6 Å². The highest BCUT2D eigenvalue weighted by Gasteiger charge is 2.19. The van der Waals surface area contributed by atoms with Gasteiger partial charge in [-0.05, 0) is 51.2 Å². The molecule has 1 amide bonds. The van der Waals surface area contributed by atoms with Crippen LogP contribution < -0.4 is 5.32 Å². The van der Waals surface area contributed by atoms with Crippen molar-refractivity contribution in [1.29, 1.82) is 0 Å². The second kappa shape index (κ2) is 8.99. The van der Waals surface area contributed by atoms with E-state index in [2.05, 4.69) is 24.4 Å². The number of carbonyl (C=O) groups is 1. The average Bonchev–Trinajstić information content (AvgIpc) is 2.89. The van der Waals surface area contributed by atoms with E-state index in [0.29, 0.717) is 18.9 Å². The van der Waals surface area contributed by atoms with Gasteiger partial charge in [-0.1, -0.05) is 56.0 Å². The molecule has 1 saturated carbocycles. The summed E-state index contributed by atoms with van der Waals surface area (Å²) in [5, 5.41) is 8.03. The maximum absolute atomic E-state index is 12.6. The first-order valence-corrected chi connectivity index (χ1v) is 11.2. The van der Waals surface area contributed by atoms with Crippen molar-refractivity contribution in [2.24, 2.45) is 0 Å². The Morgan fingerprint density at radius 2 is 1.73 bits per heavy atom. The van der Waals surface area contributed by atoms with Crippen molar-refractivity contribution in [3.63, 3.8) is 0 Å². The Labute approximate surface area is 178 Å². The molecular weight excluding hydrogens is 372 g/mol. The van der Waals surface area contributed by atoms with Crippen LogP contribution in [0, 0.1) is 20.8 Å². The van der Waals surface area contributed by atoms with Crippen molar-refractivity contribution in [1.82, 2.24) is 19.9 Å². The van der Waals surface area contributed by atoms with Gasteiger partial charge in [-0.3, -0.25) is 4.79 Å². The molecule has 0 atom stereocenters. The van der Waals surface area contributed by atoms with Gasteiger partial charge in [-0.15, -0.1) is 0 Å². The number of aromatic nitrogens is 3. The number of benzene rings is 1. The summed E-state index contributed by atoms with van der Waals surface area (Å²) in [5.74, 6) is 0.155. The molecule has 0 unspecified atom stereocenters. The molecule has 3 aromatic rings. The van der Waals surface area contributed by atoms with Gasteiger partial charge >= 0.3 is 0 Å². The molecule has 1 aliphatic rings. The second-order valence-corrected chi connectivity index (χ2v) is 8.58. The summed E-state index contributed by atoms with van der Waals surface area (Å²) in [6, 6.07) is 10.7. The number of aryl methyl sites for hydroxylation is 3. The Bertz CT molecular complexity index is 1030. The predicted molar refractivity (Wildman–Crippen MR) is 121 cm³/mol. The molecule has 30 heavy (non-hydrogen) atoms. The monoisotopic (exact) mass is 404 g/mol. The third kappa shape index (κ3) is 4.25. The number of amides is 1. The van der Waals surface area contributed by atoms with E-state index in [1.54, 1.807) is 0 Å². The van der Waals surface area contributed by atoms with Crippen molar-refractivity contribution < 1.29 is 4.79 Å².